The lowest BCUT2D eigenvalue weighted by atomic mass is 10.0. The van der Waals surface area contributed by atoms with Crippen LogP contribution < -0.4 is 5.32 Å². The van der Waals surface area contributed by atoms with Crippen LogP contribution in [0.4, 0.5) is 0 Å². The van der Waals surface area contributed by atoms with Gasteiger partial charge in [0, 0.05) is 12.0 Å². The van der Waals surface area contributed by atoms with Gasteiger partial charge in [-0.25, -0.2) is 0 Å². The number of rotatable bonds is 2. The molecule has 66 valence electrons. The fourth-order valence-electron chi connectivity index (χ4n) is 1.58. The molecule has 2 aliphatic carbocycles. The van der Waals surface area contributed by atoms with Crippen LogP contribution in [-0.4, -0.2) is 11.9 Å². The summed E-state index contributed by atoms with van der Waals surface area (Å²) >= 11 is 0. The minimum absolute atomic E-state index is 0.270. The molecule has 0 radical (unpaired) electrons. The molecule has 1 saturated carbocycles. The van der Waals surface area contributed by atoms with E-state index in [1.54, 1.807) is 0 Å². The topological polar surface area (TPSA) is 29.1 Å². The van der Waals surface area contributed by atoms with E-state index in [9.17, 15) is 4.79 Å². The number of carbonyl (C=O) groups is 1. The van der Waals surface area contributed by atoms with Gasteiger partial charge in [0.05, 0.1) is 0 Å². The summed E-state index contributed by atoms with van der Waals surface area (Å²) in [5.74, 6) is 0.617. The molecule has 0 aromatic carbocycles. The molecular weight excluding hydrogens is 150 g/mol. The number of carbonyl (C=O) groups excluding carboxylic acids is 1. The Morgan fingerprint density at radius 3 is 2.75 bits per heavy atom. The van der Waals surface area contributed by atoms with Gasteiger partial charge in [0.25, 0.3) is 0 Å². The molecule has 0 aromatic heterocycles. The fraction of sp³-hybridized carbons (Fsp3) is 0.700. The van der Waals surface area contributed by atoms with Gasteiger partial charge in [0.2, 0.25) is 5.91 Å². The molecule has 1 fully saturated rings. The number of nitrogens with one attached hydrogen (secondary N) is 1. The fourth-order valence-corrected chi connectivity index (χ4v) is 1.58. The van der Waals surface area contributed by atoms with Crippen molar-refractivity contribution in [3.63, 3.8) is 0 Å². The first kappa shape index (κ1) is 7.84. The molecule has 0 bridgehead atoms. The maximum absolute atomic E-state index is 11.3. The molecule has 1 atom stereocenters. The van der Waals surface area contributed by atoms with Crippen LogP contribution in [0.2, 0.25) is 0 Å². The minimum atomic E-state index is 0.270. The molecule has 0 heterocycles. The molecule has 12 heavy (non-hydrogen) atoms. The normalized spacial score (nSPS) is 28.5. The highest BCUT2D eigenvalue weighted by Crippen LogP contribution is 2.29. The summed E-state index contributed by atoms with van der Waals surface area (Å²) in [7, 11) is 0. The summed E-state index contributed by atoms with van der Waals surface area (Å²) in [5, 5.41) is 3.06. The van der Waals surface area contributed by atoms with Gasteiger partial charge in [0.1, 0.15) is 0 Å². The van der Waals surface area contributed by atoms with Crippen molar-refractivity contribution in [3.05, 3.63) is 12.2 Å². The van der Waals surface area contributed by atoms with Crippen LogP contribution in [0, 0.1) is 5.92 Å². The zero-order chi connectivity index (χ0) is 8.39. The maximum Gasteiger partial charge on any atom is 0.223 e. The number of hydrogen-bond donors (Lipinski definition) is 1. The highest BCUT2D eigenvalue weighted by atomic mass is 16.2. The highest BCUT2D eigenvalue weighted by Gasteiger charge is 2.30. The Balaban J connectivity index is 1.80. The first-order valence-electron chi connectivity index (χ1n) is 4.83. The van der Waals surface area contributed by atoms with Crippen molar-refractivity contribution in [1.29, 1.82) is 0 Å². The average molecular weight is 165 g/mol. The quantitative estimate of drug-likeness (QED) is 0.619. The van der Waals surface area contributed by atoms with Crippen LogP contribution in [0.25, 0.3) is 0 Å². The molecule has 1 N–H and O–H groups in total. The largest absolute Gasteiger partial charge is 0.350 e. The monoisotopic (exact) mass is 165 g/mol. The van der Waals surface area contributed by atoms with Gasteiger partial charge < -0.3 is 5.32 Å². The second-order valence-corrected chi connectivity index (χ2v) is 3.75. The molecule has 2 rings (SSSR count). The van der Waals surface area contributed by atoms with Crippen molar-refractivity contribution < 1.29 is 4.79 Å². The Labute approximate surface area is 73.0 Å². The molecule has 2 nitrogen and oxygen atoms in total. The van der Waals surface area contributed by atoms with E-state index in [0.29, 0.717) is 12.0 Å². The summed E-state index contributed by atoms with van der Waals surface area (Å²) in [4.78, 5) is 11.3. The van der Waals surface area contributed by atoms with Crippen LogP contribution >= 0.6 is 0 Å². The zero-order valence-electron chi connectivity index (χ0n) is 7.25. The van der Waals surface area contributed by atoms with Gasteiger partial charge in [0.15, 0.2) is 0 Å². The second-order valence-electron chi connectivity index (χ2n) is 3.75. The Morgan fingerprint density at radius 1 is 1.33 bits per heavy atom. The minimum Gasteiger partial charge on any atom is -0.350 e. The molecule has 0 spiro atoms. The maximum atomic E-state index is 11.3. The molecule has 0 aliphatic heterocycles. The summed E-state index contributed by atoms with van der Waals surface area (Å²) in [5.41, 5.74) is 0. The molecule has 1 amide bonds. The molecule has 0 aromatic rings. The third-order valence-corrected chi connectivity index (χ3v) is 2.53. The van der Waals surface area contributed by atoms with E-state index in [-0.39, 0.29) is 5.91 Å². The van der Waals surface area contributed by atoms with Crippen molar-refractivity contribution in [2.75, 3.05) is 0 Å². The number of amides is 1. The zero-order valence-corrected chi connectivity index (χ0v) is 7.25. The molecule has 0 saturated heterocycles. The van der Waals surface area contributed by atoms with E-state index in [1.807, 2.05) is 0 Å². The molecular formula is C10H15NO. The SMILES string of the molecule is O=C(NC1C=CCCC1)C1CC1. The van der Waals surface area contributed by atoms with Gasteiger partial charge >= 0.3 is 0 Å². The number of hydrogen-bond acceptors (Lipinski definition) is 1. The lowest BCUT2D eigenvalue weighted by molar-refractivity contribution is -0.122. The third kappa shape index (κ3) is 1.87. The predicted molar refractivity (Wildman–Crippen MR) is 47.6 cm³/mol. The third-order valence-electron chi connectivity index (χ3n) is 2.53. The Bertz CT molecular complexity index is 206. The highest BCUT2D eigenvalue weighted by molar-refractivity contribution is 5.81. The Hall–Kier alpha value is -0.790. The van der Waals surface area contributed by atoms with Crippen molar-refractivity contribution in [1.82, 2.24) is 5.32 Å². The van der Waals surface area contributed by atoms with Crippen molar-refractivity contribution >= 4 is 5.91 Å². The van der Waals surface area contributed by atoms with Gasteiger partial charge in [-0.05, 0) is 32.1 Å². The smallest absolute Gasteiger partial charge is 0.223 e. The van der Waals surface area contributed by atoms with E-state index >= 15 is 0 Å². The van der Waals surface area contributed by atoms with E-state index in [2.05, 4.69) is 17.5 Å². The van der Waals surface area contributed by atoms with Crippen molar-refractivity contribution in [2.24, 2.45) is 5.92 Å². The van der Waals surface area contributed by atoms with Gasteiger partial charge in [-0.15, -0.1) is 0 Å². The van der Waals surface area contributed by atoms with Crippen LogP contribution in [0.1, 0.15) is 32.1 Å². The standard InChI is InChI=1S/C10H15NO/c12-10(8-6-7-8)11-9-4-2-1-3-5-9/h2,4,8-9H,1,3,5-7H2,(H,11,12). The van der Waals surface area contributed by atoms with Gasteiger partial charge in [-0.2, -0.15) is 0 Å². The van der Waals surface area contributed by atoms with Crippen LogP contribution in [-0.2, 0) is 4.79 Å². The summed E-state index contributed by atoms with van der Waals surface area (Å²) in [6.07, 6.45) is 10.0. The van der Waals surface area contributed by atoms with E-state index in [0.717, 1.165) is 19.3 Å². The molecule has 1 unspecified atom stereocenters. The van der Waals surface area contributed by atoms with Crippen LogP contribution in [0.3, 0.4) is 0 Å². The summed E-state index contributed by atoms with van der Waals surface area (Å²) in [6.45, 7) is 0. The Morgan fingerprint density at radius 2 is 2.17 bits per heavy atom. The van der Waals surface area contributed by atoms with Crippen LogP contribution in [0.5, 0.6) is 0 Å². The first-order chi connectivity index (χ1) is 5.86. The first-order valence-corrected chi connectivity index (χ1v) is 4.83. The molecule has 2 heteroatoms. The van der Waals surface area contributed by atoms with Gasteiger partial charge in [-0.1, -0.05) is 12.2 Å². The van der Waals surface area contributed by atoms with E-state index < -0.39 is 0 Å². The lowest BCUT2D eigenvalue weighted by Crippen LogP contribution is -2.35. The van der Waals surface area contributed by atoms with Crippen molar-refractivity contribution in [2.45, 2.75) is 38.1 Å². The van der Waals surface area contributed by atoms with Crippen molar-refractivity contribution in [3.8, 4) is 0 Å². The summed E-state index contributed by atoms with van der Waals surface area (Å²) in [6, 6.07) is 0.326. The van der Waals surface area contributed by atoms with Gasteiger partial charge in [-0.3, -0.25) is 4.79 Å². The van der Waals surface area contributed by atoms with Crippen LogP contribution in [0.15, 0.2) is 12.2 Å². The summed E-state index contributed by atoms with van der Waals surface area (Å²) < 4.78 is 0. The lowest BCUT2D eigenvalue weighted by Gasteiger charge is -2.17. The van der Waals surface area contributed by atoms with E-state index in [1.165, 1.54) is 12.8 Å². The van der Waals surface area contributed by atoms with E-state index in [4.69, 9.17) is 0 Å². The average Bonchev–Trinajstić information content (AvgIpc) is 2.88. The molecule has 2 aliphatic rings. The Kier molecular flexibility index (Phi) is 2.15. The number of allylic oxidation sites excluding steroid dienone is 1. The predicted octanol–water partition coefficient (Wildman–Crippen LogP) is 1.62. The second kappa shape index (κ2) is 3.30.